The van der Waals surface area contributed by atoms with E-state index in [0.29, 0.717) is 0 Å². The zero-order valence-corrected chi connectivity index (χ0v) is 7.86. The Balaban J connectivity index is 3.08. The van der Waals surface area contributed by atoms with Crippen LogP contribution in [0.1, 0.15) is 5.69 Å². The van der Waals surface area contributed by atoms with Crippen molar-refractivity contribution in [3.05, 3.63) is 30.3 Å². The van der Waals surface area contributed by atoms with Crippen molar-refractivity contribution in [2.75, 3.05) is 0 Å². The Bertz CT molecular complexity index is 455. The highest BCUT2D eigenvalue weighted by Gasteiger charge is 2.10. The van der Waals surface area contributed by atoms with Crippen molar-refractivity contribution in [1.82, 2.24) is 4.98 Å². The summed E-state index contributed by atoms with van der Waals surface area (Å²) in [5.74, 6) is -0.705. The molecule has 0 unspecified atom stereocenters. The van der Waals surface area contributed by atoms with Gasteiger partial charge in [-0.15, -0.1) is 0 Å². The maximum absolute atomic E-state index is 10.9. The molecule has 14 heavy (non-hydrogen) atoms. The number of hydrogen-bond acceptors (Lipinski definition) is 4. The van der Waals surface area contributed by atoms with E-state index >= 15 is 0 Å². The topological polar surface area (TPSA) is 116 Å². The average molecular weight is 214 g/mol. The van der Waals surface area contributed by atoms with Crippen LogP contribution in [0.2, 0.25) is 0 Å². The van der Waals surface area contributed by atoms with Gasteiger partial charge in [-0.25, -0.2) is 18.5 Å². The highest BCUT2D eigenvalue weighted by molar-refractivity contribution is 7.89. The number of primary amides is 1. The van der Waals surface area contributed by atoms with Gasteiger partial charge >= 0.3 is 0 Å². The number of sulfonamides is 1. The first-order chi connectivity index (χ1) is 6.39. The summed E-state index contributed by atoms with van der Waals surface area (Å²) in [6.07, 6.45) is 1.01. The van der Waals surface area contributed by atoms with E-state index in [0.717, 1.165) is 6.42 Å². The molecule has 1 aromatic heterocycles. The van der Waals surface area contributed by atoms with Crippen LogP contribution in [0.15, 0.2) is 23.2 Å². The maximum Gasteiger partial charge on any atom is 0.255 e. The molecule has 1 rings (SSSR count). The van der Waals surface area contributed by atoms with E-state index in [-0.39, 0.29) is 10.7 Å². The Labute approximate surface area is 81.0 Å². The average Bonchev–Trinajstić information content (AvgIpc) is 2.01. The fourth-order valence-corrected chi connectivity index (χ4v) is 1.32. The number of rotatable bonds is 3. The van der Waals surface area contributed by atoms with Crippen LogP contribution in [0.3, 0.4) is 0 Å². The van der Waals surface area contributed by atoms with Gasteiger partial charge in [-0.2, -0.15) is 0 Å². The second kappa shape index (κ2) is 3.72. The Morgan fingerprint density at radius 3 is 2.57 bits per heavy atom. The van der Waals surface area contributed by atoms with Crippen molar-refractivity contribution in [1.29, 1.82) is 0 Å². The van der Waals surface area contributed by atoms with E-state index in [1.165, 1.54) is 18.2 Å². The Kier molecular flexibility index (Phi) is 2.82. The van der Waals surface area contributed by atoms with Gasteiger partial charge in [0.2, 0.25) is 5.91 Å². The number of aromatic nitrogens is 1. The van der Waals surface area contributed by atoms with Crippen molar-refractivity contribution in [3.63, 3.8) is 0 Å². The van der Waals surface area contributed by atoms with Crippen LogP contribution in [-0.4, -0.2) is 19.3 Å². The van der Waals surface area contributed by atoms with Gasteiger partial charge in [0.15, 0.2) is 5.03 Å². The van der Waals surface area contributed by atoms with Crippen LogP contribution >= 0.6 is 0 Å². The largest absolute Gasteiger partial charge is 0.369 e. The normalized spacial score (nSPS) is 11.2. The predicted octanol–water partition coefficient (Wildman–Crippen LogP) is -1.23. The van der Waals surface area contributed by atoms with Crippen LogP contribution in [0.5, 0.6) is 0 Å². The Hall–Kier alpha value is -1.47. The van der Waals surface area contributed by atoms with Gasteiger partial charge in [0.25, 0.3) is 10.0 Å². The minimum absolute atomic E-state index is 0.157. The molecule has 0 saturated carbocycles. The molecule has 0 spiro atoms. The van der Waals surface area contributed by atoms with Gasteiger partial charge in [-0.05, 0) is 12.1 Å². The molecule has 75 valence electrons. The monoisotopic (exact) mass is 214 g/mol. The third-order valence-electron chi connectivity index (χ3n) is 1.33. The van der Waals surface area contributed by atoms with Crippen LogP contribution < -0.4 is 10.9 Å². The summed E-state index contributed by atoms with van der Waals surface area (Å²) in [5.41, 5.74) is 5.02. The molecule has 1 amide bonds. The fraction of sp³-hybridized carbons (Fsp3) is 0. The molecule has 4 N–H and O–H groups in total. The number of pyridine rings is 1. The van der Waals surface area contributed by atoms with Crippen molar-refractivity contribution >= 4 is 15.9 Å². The van der Waals surface area contributed by atoms with E-state index in [1.54, 1.807) is 0 Å². The maximum atomic E-state index is 10.9. The summed E-state index contributed by atoms with van der Waals surface area (Å²) in [6.45, 7) is 0. The zero-order chi connectivity index (χ0) is 10.8. The molecule has 6 nitrogen and oxygen atoms in total. The molecular weight excluding hydrogens is 206 g/mol. The number of amides is 1. The van der Waals surface area contributed by atoms with E-state index < -0.39 is 15.9 Å². The molecule has 0 aromatic carbocycles. The minimum atomic E-state index is -3.84. The van der Waals surface area contributed by atoms with Gasteiger partial charge in [-0.1, -0.05) is 6.07 Å². The lowest BCUT2D eigenvalue weighted by molar-refractivity contribution is -0.114. The van der Waals surface area contributed by atoms with Crippen LogP contribution in [0.4, 0.5) is 0 Å². The highest BCUT2D eigenvalue weighted by Crippen LogP contribution is 2.05. The van der Waals surface area contributed by atoms with Crippen molar-refractivity contribution in [2.45, 2.75) is 5.03 Å². The van der Waals surface area contributed by atoms with E-state index in [2.05, 4.69) is 4.98 Å². The highest BCUT2D eigenvalue weighted by atomic mass is 32.2. The SMILES string of the molecule is NC(=O)[CH]c1cccc(S(N)(=O)=O)n1. The molecule has 0 bridgehead atoms. The number of carbonyl (C=O) groups excluding carboxylic acids is 1. The van der Waals surface area contributed by atoms with Crippen LogP contribution in [0.25, 0.3) is 0 Å². The number of hydrogen-bond donors (Lipinski definition) is 2. The summed E-state index contributed by atoms with van der Waals surface area (Å²) in [5, 5.41) is 4.54. The minimum Gasteiger partial charge on any atom is -0.369 e. The summed E-state index contributed by atoms with van der Waals surface area (Å²) in [4.78, 5) is 14.1. The number of carbonyl (C=O) groups is 1. The smallest absolute Gasteiger partial charge is 0.255 e. The van der Waals surface area contributed by atoms with E-state index in [4.69, 9.17) is 10.9 Å². The molecule has 1 radical (unpaired) electrons. The molecule has 7 heteroatoms. The molecule has 1 heterocycles. The second-order valence-electron chi connectivity index (χ2n) is 2.49. The molecule has 1 aromatic rings. The molecule has 0 aliphatic rings. The summed E-state index contributed by atoms with van der Waals surface area (Å²) < 4.78 is 21.7. The molecular formula is C7H8N3O3S. The van der Waals surface area contributed by atoms with Crippen molar-refractivity contribution in [2.24, 2.45) is 10.9 Å². The van der Waals surface area contributed by atoms with E-state index in [1.807, 2.05) is 0 Å². The molecule has 0 atom stereocenters. The van der Waals surface area contributed by atoms with Crippen LogP contribution in [-0.2, 0) is 14.8 Å². The first kappa shape index (κ1) is 10.6. The molecule has 0 aliphatic carbocycles. The number of primary sulfonamides is 1. The van der Waals surface area contributed by atoms with Gasteiger partial charge in [0.05, 0.1) is 12.1 Å². The standard InChI is InChI=1S/C7H8N3O3S/c8-6(11)4-5-2-1-3-7(10-5)14(9,12)13/h1-4H,(H2,8,11)(H2,9,12,13). The molecule has 0 saturated heterocycles. The lowest BCUT2D eigenvalue weighted by Gasteiger charge is -1.99. The van der Waals surface area contributed by atoms with Crippen LogP contribution in [0, 0.1) is 6.42 Å². The van der Waals surface area contributed by atoms with Crippen molar-refractivity contribution < 1.29 is 13.2 Å². The zero-order valence-electron chi connectivity index (χ0n) is 7.04. The molecule has 0 aliphatic heterocycles. The summed E-state index contributed by atoms with van der Waals surface area (Å²) in [7, 11) is -3.84. The van der Waals surface area contributed by atoms with Gasteiger partial charge in [0.1, 0.15) is 0 Å². The third kappa shape index (κ3) is 2.79. The fourth-order valence-electron chi connectivity index (χ4n) is 0.815. The van der Waals surface area contributed by atoms with Gasteiger partial charge < -0.3 is 5.73 Å². The van der Waals surface area contributed by atoms with Gasteiger partial charge in [-0.3, -0.25) is 4.79 Å². The predicted molar refractivity (Wildman–Crippen MR) is 48.2 cm³/mol. The first-order valence-corrected chi connectivity index (χ1v) is 5.08. The summed E-state index contributed by atoms with van der Waals surface area (Å²) in [6, 6.07) is 4.09. The van der Waals surface area contributed by atoms with Gasteiger partial charge in [0, 0.05) is 0 Å². The lowest BCUT2D eigenvalue weighted by Crippen LogP contribution is -2.16. The summed E-state index contributed by atoms with van der Waals surface area (Å²) >= 11 is 0. The molecule has 0 fully saturated rings. The Morgan fingerprint density at radius 2 is 2.07 bits per heavy atom. The number of nitrogens with two attached hydrogens (primary N) is 2. The second-order valence-corrected chi connectivity index (χ2v) is 4.00. The van der Waals surface area contributed by atoms with E-state index in [9.17, 15) is 13.2 Å². The number of nitrogens with zero attached hydrogens (tertiary/aromatic N) is 1. The quantitative estimate of drug-likeness (QED) is 0.654. The van der Waals surface area contributed by atoms with Crippen molar-refractivity contribution in [3.8, 4) is 0 Å². The Morgan fingerprint density at radius 1 is 1.43 bits per heavy atom. The lowest BCUT2D eigenvalue weighted by atomic mass is 10.3. The third-order valence-corrected chi connectivity index (χ3v) is 2.14. The first-order valence-electron chi connectivity index (χ1n) is 3.53.